The average Bonchev–Trinajstić information content (AvgIpc) is 2.61. The van der Waals surface area contributed by atoms with Crippen molar-refractivity contribution in [2.45, 2.75) is 12.7 Å². The Morgan fingerprint density at radius 2 is 1.63 bits per heavy atom. The van der Waals surface area contributed by atoms with Crippen molar-refractivity contribution in [3.05, 3.63) is 36.7 Å². The first kappa shape index (κ1) is 23.1. The second kappa shape index (κ2) is 9.56. The number of anilines is 1. The SMILES string of the molecule is C=C(N=C(N=C(N)N1CCOCC1)OC(F)(F)F)Nc1ccc(OC(F)(F)F)cc1. The van der Waals surface area contributed by atoms with Crippen LogP contribution in [0, 0.1) is 0 Å². The van der Waals surface area contributed by atoms with Gasteiger partial charge >= 0.3 is 18.7 Å². The fourth-order valence-electron chi connectivity index (χ4n) is 2.19. The summed E-state index contributed by atoms with van der Waals surface area (Å²) < 4.78 is 87.0. The normalized spacial score (nSPS) is 16.3. The van der Waals surface area contributed by atoms with E-state index in [1.807, 2.05) is 0 Å². The third-order valence-corrected chi connectivity index (χ3v) is 3.36. The van der Waals surface area contributed by atoms with E-state index in [0.717, 1.165) is 12.1 Å². The molecule has 30 heavy (non-hydrogen) atoms. The van der Waals surface area contributed by atoms with Gasteiger partial charge in [-0.3, -0.25) is 0 Å². The molecule has 0 saturated carbocycles. The zero-order valence-electron chi connectivity index (χ0n) is 15.3. The molecule has 8 nitrogen and oxygen atoms in total. The Kier molecular flexibility index (Phi) is 7.37. The van der Waals surface area contributed by atoms with E-state index in [4.69, 9.17) is 10.5 Å². The number of ether oxygens (including phenoxy) is 3. The van der Waals surface area contributed by atoms with Gasteiger partial charge < -0.3 is 30.2 Å². The molecule has 1 aliphatic heterocycles. The summed E-state index contributed by atoms with van der Waals surface area (Å²) in [4.78, 5) is 8.53. The number of hydrogen-bond donors (Lipinski definition) is 2. The number of aliphatic imine (C=N–C) groups is 2. The van der Waals surface area contributed by atoms with Crippen molar-refractivity contribution >= 4 is 17.7 Å². The van der Waals surface area contributed by atoms with Crippen LogP contribution in [0.5, 0.6) is 5.75 Å². The molecular formula is C16H17F6N5O3. The summed E-state index contributed by atoms with van der Waals surface area (Å²) in [5.74, 6) is -1.08. The Bertz CT molecular complexity index is 786. The number of hydrogen-bond acceptors (Lipinski definition) is 5. The molecule has 166 valence electrons. The number of benzene rings is 1. The maximum absolute atomic E-state index is 12.7. The molecule has 1 aliphatic rings. The third kappa shape index (κ3) is 8.46. The highest BCUT2D eigenvalue weighted by Gasteiger charge is 2.34. The van der Waals surface area contributed by atoms with Crippen LogP contribution in [-0.4, -0.2) is 55.9 Å². The molecule has 3 N–H and O–H groups in total. The number of morpholine rings is 1. The lowest BCUT2D eigenvalue weighted by molar-refractivity contribution is -0.284. The second-order valence-corrected chi connectivity index (χ2v) is 5.66. The molecule has 0 amide bonds. The summed E-state index contributed by atoms with van der Waals surface area (Å²) in [6, 6.07) is 3.22. The Hall–Kier alpha value is -3.16. The highest BCUT2D eigenvalue weighted by atomic mass is 19.4. The van der Waals surface area contributed by atoms with Gasteiger partial charge in [0.05, 0.1) is 13.2 Å². The van der Waals surface area contributed by atoms with Crippen molar-refractivity contribution in [1.82, 2.24) is 4.90 Å². The molecule has 1 heterocycles. The van der Waals surface area contributed by atoms with Crippen LogP contribution in [0.4, 0.5) is 32.0 Å². The second-order valence-electron chi connectivity index (χ2n) is 5.66. The van der Waals surface area contributed by atoms with Crippen LogP contribution in [0.25, 0.3) is 0 Å². The quantitative estimate of drug-likeness (QED) is 0.424. The van der Waals surface area contributed by atoms with E-state index in [-0.39, 0.29) is 17.5 Å². The number of amidine groups is 1. The summed E-state index contributed by atoms with van der Waals surface area (Å²) in [6.07, 6.45) is -9.95. The first-order valence-electron chi connectivity index (χ1n) is 8.24. The van der Waals surface area contributed by atoms with Gasteiger partial charge in [0.2, 0.25) is 5.96 Å². The van der Waals surface area contributed by atoms with Crippen molar-refractivity contribution in [3.8, 4) is 5.75 Å². The molecule has 0 bridgehead atoms. The molecule has 1 aromatic carbocycles. The van der Waals surface area contributed by atoms with E-state index >= 15 is 0 Å². The van der Waals surface area contributed by atoms with Gasteiger partial charge in [0.15, 0.2) is 0 Å². The van der Waals surface area contributed by atoms with E-state index in [0.29, 0.717) is 26.3 Å². The van der Waals surface area contributed by atoms with Gasteiger partial charge in [0, 0.05) is 18.8 Å². The van der Waals surface area contributed by atoms with Crippen LogP contribution < -0.4 is 15.8 Å². The summed E-state index contributed by atoms with van der Waals surface area (Å²) >= 11 is 0. The highest BCUT2D eigenvalue weighted by Crippen LogP contribution is 2.24. The maximum atomic E-state index is 12.7. The number of nitrogens with two attached hydrogens (primary N) is 1. The lowest BCUT2D eigenvalue weighted by atomic mass is 10.3. The lowest BCUT2D eigenvalue weighted by Crippen LogP contribution is -2.45. The number of alkyl halides is 6. The van der Waals surface area contributed by atoms with E-state index < -0.39 is 24.5 Å². The first-order chi connectivity index (χ1) is 13.9. The molecule has 2 rings (SSSR count). The Labute approximate surface area is 166 Å². The molecule has 0 radical (unpaired) electrons. The van der Waals surface area contributed by atoms with Gasteiger partial charge in [-0.2, -0.15) is 9.98 Å². The van der Waals surface area contributed by atoms with Crippen molar-refractivity contribution in [2.24, 2.45) is 15.7 Å². The van der Waals surface area contributed by atoms with E-state index in [1.54, 1.807) is 0 Å². The minimum atomic E-state index is -5.09. The Morgan fingerprint density at radius 3 is 2.17 bits per heavy atom. The van der Waals surface area contributed by atoms with Gasteiger partial charge in [0.1, 0.15) is 11.6 Å². The topological polar surface area (TPSA) is 93.7 Å². The van der Waals surface area contributed by atoms with Crippen LogP contribution in [0.1, 0.15) is 0 Å². The monoisotopic (exact) mass is 441 g/mol. The molecule has 0 spiro atoms. The molecule has 1 fully saturated rings. The molecule has 0 unspecified atom stereocenters. The first-order valence-corrected chi connectivity index (χ1v) is 8.24. The number of guanidine groups is 1. The minimum absolute atomic E-state index is 0.176. The van der Waals surface area contributed by atoms with Gasteiger partial charge in [0.25, 0.3) is 0 Å². The molecular weight excluding hydrogens is 424 g/mol. The van der Waals surface area contributed by atoms with Crippen LogP contribution >= 0.6 is 0 Å². The van der Waals surface area contributed by atoms with Crippen LogP contribution in [0.3, 0.4) is 0 Å². The molecule has 14 heteroatoms. The molecule has 1 aromatic rings. The van der Waals surface area contributed by atoms with Crippen molar-refractivity contribution in [3.63, 3.8) is 0 Å². The zero-order chi connectivity index (χ0) is 22.4. The number of nitrogens with one attached hydrogen (secondary N) is 1. The smallest absolute Gasteiger partial charge is 0.406 e. The van der Waals surface area contributed by atoms with Gasteiger partial charge in [-0.05, 0) is 24.3 Å². The zero-order valence-corrected chi connectivity index (χ0v) is 15.3. The summed E-state index contributed by atoms with van der Waals surface area (Å²) in [5, 5.41) is 2.49. The van der Waals surface area contributed by atoms with Gasteiger partial charge in [-0.25, -0.2) is 0 Å². The summed E-state index contributed by atoms with van der Waals surface area (Å²) in [6.45, 7) is 4.71. The fourth-order valence-corrected chi connectivity index (χ4v) is 2.19. The standard InChI is InChI=1S/C16H17F6N5O3/c1-10(24-11-2-4-12(5-3-11)29-15(17,18)19)25-14(30-16(20,21)22)26-13(23)27-6-8-28-9-7-27/h2-5,24H,1,6-9H2,(H2,23,25,26). The third-order valence-electron chi connectivity index (χ3n) is 3.36. The lowest BCUT2D eigenvalue weighted by Gasteiger charge is -2.27. The molecule has 0 aliphatic carbocycles. The molecule has 0 atom stereocenters. The average molecular weight is 441 g/mol. The summed E-state index contributed by atoms with van der Waals surface area (Å²) in [7, 11) is 0. The predicted octanol–water partition coefficient (Wildman–Crippen LogP) is 3.01. The predicted molar refractivity (Wildman–Crippen MR) is 94.5 cm³/mol. The van der Waals surface area contributed by atoms with Crippen LogP contribution in [-0.2, 0) is 9.47 Å². The number of rotatable bonds is 4. The largest absolute Gasteiger partial charge is 0.575 e. The number of nitrogens with zero attached hydrogens (tertiary/aromatic N) is 3. The van der Waals surface area contributed by atoms with Crippen LogP contribution in [0.2, 0.25) is 0 Å². The van der Waals surface area contributed by atoms with E-state index in [2.05, 4.69) is 31.4 Å². The highest BCUT2D eigenvalue weighted by molar-refractivity contribution is 5.92. The Balaban J connectivity index is 2.11. The van der Waals surface area contributed by atoms with Gasteiger partial charge in [-0.1, -0.05) is 6.58 Å². The van der Waals surface area contributed by atoms with Gasteiger partial charge in [-0.15, -0.1) is 26.3 Å². The molecule has 1 saturated heterocycles. The van der Waals surface area contributed by atoms with E-state index in [9.17, 15) is 26.3 Å². The molecule has 0 aromatic heterocycles. The van der Waals surface area contributed by atoms with Crippen molar-refractivity contribution < 1.29 is 40.6 Å². The Morgan fingerprint density at radius 1 is 1.03 bits per heavy atom. The summed E-state index contributed by atoms with van der Waals surface area (Å²) in [5.41, 5.74) is 5.88. The van der Waals surface area contributed by atoms with Crippen molar-refractivity contribution in [2.75, 3.05) is 31.6 Å². The van der Waals surface area contributed by atoms with Crippen LogP contribution in [0.15, 0.2) is 46.7 Å². The maximum Gasteiger partial charge on any atom is 0.575 e. The van der Waals surface area contributed by atoms with Crippen molar-refractivity contribution in [1.29, 1.82) is 0 Å². The minimum Gasteiger partial charge on any atom is -0.406 e. The number of halogens is 6. The fraction of sp³-hybridized carbons (Fsp3) is 0.375. The van der Waals surface area contributed by atoms with E-state index in [1.165, 1.54) is 17.0 Å².